The number of benzene rings is 2. The molecule has 0 aromatic heterocycles. The summed E-state index contributed by atoms with van der Waals surface area (Å²) in [5.74, 6) is 0.738. The molecule has 2 rings (SSSR count). The van der Waals surface area contributed by atoms with E-state index in [9.17, 15) is 8.42 Å². The van der Waals surface area contributed by atoms with Crippen LogP contribution in [0.25, 0.3) is 11.1 Å². The van der Waals surface area contributed by atoms with Crippen LogP contribution in [0.3, 0.4) is 0 Å². The van der Waals surface area contributed by atoms with E-state index in [2.05, 4.69) is 15.9 Å². The van der Waals surface area contributed by atoms with Crippen molar-refractivity contribution >= 4 is 25.8 Å². The molecule has 19 heavy (non-hydrogen) atoms. The van der Waals surface area contributed by atoms with Crippen LogP contribution in [0, 0.1) is 0 Å². The predicted octanol–water partition coefficient (Wildman–Crippen LogP) is 3.53. The molecule has 0 aliphatic heterocycles. The van der Waals surface area contributed by atoms with E-state index < -0.39 is 9.84 Å². The highest BCUT2D eigenvalue weighted by molar-refractivity contribution is 9.10. The van der Waals surface area contributed by atoms with Gasteiger partial charge in [-0.15, -0.1) is 0 Å². The highest BCUT2D eigenvalue weighted by atomic mass is 79.9. The summed E-state index contributed by atoms with van der Waals surface area (Å²) in [5.41, 5.74) is 1.53. The minimum absolute atomic E-state index is 0.312. The average Bonchev–Trinajstić information content (AvgIpc) is 2.38. The van der Waals surface area contributed by atoms with Gasteiger partial charge in [-0.1, -0.05) is 34.1 Å². The highest BCUT2D eigenvalue weighted by Crippen LogP contribution is 2.31. The summed E-state index contributed by atoms with van der Waals surface area (Å²) < 4.78 is 29.6. The van der Waals surface area contributed by atoms with Gasteiger partial charge in [0.05, 0.1) is 12.0 Å². The molecule has 0 fully saturated rings. The van der Waals surface area contributed by atoms with Gasteiger partial charge in [-0.2, -0.15) is 0 Å². The molecular formula is C14H13BrO3S. The van der Waals surface area contributed by atoms with E-state index in [4.69, 9.17) is 4.74 Å². The van der Waals surface area contributed by atoms with Crippen molar-refractivity contribution < 1.29 is 13.2 Å². The Labute approximate surface area is 121 Å². The van der Waals surface area contributed by atoms with Crippen molar-refractivity contribution in [2.45, 2.75) is 4.90 Å². The van der Waals surface area contributed by atoms with Crippen LogP contribution in [0.15, 0.2) is 51.8 Å². The Bertz CT molecular complexity index is 691. The second-order valence-corrected chi connectivity index (χ2v) is 7.04. The topological polar surface area (TPSA) is 43.4 Å². The second-order valence-electron chi connectivity index (χ2n) is 4.14. The molecule has 0 aliphatic carbocycles. The van der Waals surface area contributed by atoms with Gasteiger partial charge in [0.2, 0.25) is 0 Å². The van der Waals surface area contributed by atoms with E-state index >= 15 is 0 Å². The zero-order valence-electron chi connectivity index (χ0n) is 10.6. The third-order valence-corrected chi connectivity index (χ3v) is 4.37. The van der Waals surface area contributed by atoms with Crippen molar-refractivity contribution in [1.29, 1.82) is 0 Å². The SMILES string of the molecule is COc1ccc(-c2ccc(Br)cc2S(C)(=O)=O)cc1. The van der Waals surface area contributed by atoms with E-state index in [0.29, 0.717) is 10.5 Å². The lowest BCUT2D eigenvalue weighted by molar-refractivity contribution is 0.415. The summed E-state index contributed by atoms with van der Waals surface area (Å²) in [6.07, 6.45) is 1.21. The van der Waals surface area contributed by atoms with Gasteiger partial charge in [-0.05, 0) is 29.8 Å². The molecular weight excluding hydrogens is 328 g/mol. The fraction of sp³-hybridized carbons (Fsp3) is 0.143. The lowest BCUT2D eigenvalue weighted by atomic mass is 10.1. The first-order chi connectivity index (χ1) is 8.91. The van der Waals surface area contributed by atoms with E-state index in [0.717, 1.165) is 15.8 Å². The molecule has 0 radical (unpaired) electrons. The van der Waals surface area contributed by atoms with Gasteiger partial charge in [-0.25, -0.2) is 8.42 Å². The quantitative estimate of drug-likeness (QED) is 0.858. The summed E-state index contributed by atoms with van der Waals surface area (Å²) in [5, 5.41) is 0. The summed E-state index contributed by atoms with van der Waals surface area (Å²) in [7, 11) is -1.69. The number of rotatable bonds is 3. The Morgan fingerprint density at radius 2 is 1.68 bits per heavy atom. The molecule has 2 aromatic rings. The van der Waals surface area contributed by atoms with Gasteiger partial charge >= 0.3 is 0 Å². The molecule has 5 heteroatoms. The summed E-state index contributed by atoms with van der Waals surface area (Å²) >= 11 is 3.30. The van der Waals surface area contributed by atoms with E-state index in [1.165, 1.54) is 6.26 Å². The maximum absolute atomic E-state index is 11.9. The number of halogens is 1. The molecule has 100 valence electrons. The van der Waals surface area contributed by atoms with Gasteiger partial charge in [0.1, 0.15) is 5.75 Å². The zero-order valence-corrected chi connectivity index (χ0v) is 13.0. The van der Waals surface area contributed by atoms with Gasteiger partial charge < -0.3 is 4.74 Å². The van der Waals surface area contributed by atoms with Gasteiger partial charge in [0, 0.05) is 16.3 Å². The summed E-state index contributed by atoms with van der Waals surface area (Å²) in [6, 6.07) is 12.5. The van der Waals surface area contributed by atoms with Crippen molar-refractivity contribution in [3.63, 3.8) is 0 Å². The molecule has 0 atom stereocenters. The summed E-state index contributed by atoms with van der Waals surface area (Å²) in [6.45, 7) is 0. The standard InChI is InChI=1S/C14H13BrO3S/c1-18-12-6-3-10(4-7-12)13-8-5-11(15)9-14(13)19(2,16)17/h3-9H,1-2H3. The molecule has 0 saturated carbocycles. The van der Waals surface area contributed by atoms with Crippen LogP contribution in [0.2, 0.25) is 0 Å². The average molecular weight is 341 g/mol. The lowest BCUT2D eigenvalue weighted by Crippen LogP contribution is -2.00. The Kier molecular flexibility index (Phi) is 3.96. The van der Waals surface area contributed by atoms with Crippen LogP contribution in [-0.2, 0) is 9.84 Å². The molecule has 0 aliphatic rings. The van der Waals surface area contributed by atoms with Crippen LogP contribution >= 0.6 is 15.9 Å². The molecule has 0 amide bonds. The number of methoxy groups -OCH3 is 1. The third-order valence-electron chi connectivity index (χ3n) is 2.74. The van der Waals surface area contributed by atoms with E-state index in [1.54, 1.807) is 19.2 Å². The maximum atomic E-state index is 11.9. The van der Waals surface area contributed by atoms with E-state index in [-0.39, 0.29) is 0 Å². The Morgan fingerprint density at radius 1 is 1.05 bits per heavy atom. The Balaban J connectivity index is 2.61. The van der Waals surface area contributed by atoms with Crippen molar-refractivity contribution in [3.8, 4) is 16.9 Å². The Hall–Kier alpha value is -1.33. The lowest BCUT2D eigenvalue weighted by Gasteiger charge is -2.09. The molecule has 0 spiro atoms. The van der Waals surface area contributed by atoms with Crippen molar-refractivity contribution in [2.24, 2.45) is 0 Å². The molecule has 3 nitrogen and oxygen atoms in total. The predicted molar refractivity (Wildman–Crippen MR) is 79.2 cm³/mol. The minimum Gasteiger partial charge on any atom is -0.497 e. The van der Waals surface area contributed by atoms with E-state index in [1.807, 2.05) is 30.3 Å². The van der Waals surface area contributed by atoms with Gasteiger partial charge in [-0.3, -0.25) is 0 Å². The number of sulfone groups is 1. The minimum atomic E-state index is -3.28. The van der Waals surface area contributed by atoms with Crippen LogP contribution in [0.1, 0.15) is 0 Å². The van der Waals surface area contributed by atoms with Crippen LogP contribution in [0.5, 0.6) is 5.75 Å². The second kappa shape index (κ2) is 5.35. The van der Waals surface area contributed by atoms with Gasteiger partial charge in [0.25, 0.3) is 0 Å². The fourth-order valence-electron chi connectivity index (χ4n) is 1.81. The highest BCUT2D eigenvalue weighted by Gasteiger charge is 2.15. The molecule has 2 aromatic carbocycles. The van der Waals surface area contributed by atoms with Crippen molar-refractivity contribution in [1.82, 2.24) is 0 Å². The molecule has 0 heterocycles. The first-order valence-electron chi connectivity index (χ1n) is 5.56. The normalized spacial score (nSPS) is 11.3. The largest absolute Gasteiger partial charge is 0.497 e. The van der Waals surface area contributed by atoms with Crippen molar-refractivity contribution in [3.05, 3.63) is 46.9 Å². The first kappa shape index (κ1) is 14.1. The molecule has 0 bridgehead atoms. The maximum Gasteiger partial charge on any atom is 0.176 e. The number of hydrogen-bond acceptors (Lipinski definition) is 3. The fourth-order valence-corrected chi connectivity index (χ4v) is 3.25. The zero-order chi connectivity index (χ0) is 14.0. The van der Waals surface area contributed by atoms with Crippen LogP contribution < -0.4 is 4.74 Å². The van der Waals surface area contributed by atoms with Gasteiger partial charge in [0.15, 0.2) is 9.84 Å². The molecule has 0 N–H and O–H groups in total. The van der Waals surface area contributed by atoms with Crippen LogP contribution in [0.4, 0.5) is 0 Å². The Morgan fingerprint density at radius 3 is 2.21 bits per heavy atom. The third kappa shape index (κ3) is 3.16. The molecule has 0 saturated heterocycles. The molecule has 0 unspecified atom stereocenters. The number of hydrogen-bond donors (Lipinski definition) is 0. The first-order valence-corrected chi connectivity index (χ1v) is 8.24. The summed E-state index contributed by atoms with van der Waals surface area (Å²) in [4.78, 5) is 0.312. The van der Waals surface area contributed by atoms with Crippen molar-refractivity contribution in [2.75, 3.05) is 13.4 Å². The van der Waals surface area contributed by atoms with Crippen LogP contribution in [-0.4, -0.2) is 21.8 Å². The smallest absolute Gasteiger partial charge is 0.176 e. The monoisotopic (exact) mass is 340 g/mol. The number of ether oxygens (including phenoxy) is 1.